The van der Waals surface area contributed by atoms with Crippen LogP contribution in [0.2, 0.25) is 0 Å². The zero-order valence-corrected chi connectivity index (χ0v) is 19.9. The van der Waals surface area contributed by atoms with Crippen LogP contribution in [-0.4, -0.2) is 48.1 Å². The predicted molar refractivity (Wildman–Crippen MR) is 122 cm³/mol. The van der Waals surface area contributed by atoms with Crippen molar-refractivity contribution in [2.75, 3.05) is 19.6 Å². The minimum absolute atomic E-state index is 0.0966. The summed E-state index contributed by atoms with van der Waals surface area (Å²) in [5, 5.41) is 0.700. The van der Waals surface area contributed by atoms with Crippen LogP contribution in [-0.2, 0) is 21.4 Å². The number of nitrogens with zero attached hydrogens (tertiary/aromatic N) is 3. The van der Waals surface area contributed by atoms with Crippen LogP contribution < -0.4 is 0 Å². The van der Waals surface area contributed by atoms with E-state index in [1.807, 2.05) is 27.7 Å². The maximum absolute atomic E-state index is 13.5. The summed E-state index contributed by atoms with van der Waals surface area (Å²) in [6.07, 6.45) is 3.16. The van der Waals surface area contributed by atoms with E-state index >= 15 is 0 Å². The van der Waals surface area contributed by atoms with Crippen LogP contribution in [0.3, 0.4) is 0 Å². The van der Waals surface area contributed by atoms with Gasteiger partial charge in [0, 0.05) is 29.5 Å². The molecule has 0 fully saturated rings. The molecule has 3 rings (SSSR count). The van der Waals surface area contributed by atoms with Crippen LogP contribution in [0.25, 0.3) is 11.0 Å². The number of thiazole rings is 1. The Balaban J connectivity index is 1.92. The molecule has 168 valence electrons. The number of sulfonamides is 1. The van der Waals surface area contributed by atoms with Gasteiger partial charge in [-0.05, 0) is 36.1 Å². The van der Waals surface area contributed by atoms with Gasteiger partial charge < -0.3 is 9.32 Å². The lowest BCUT2D eigenvalue weighted by Crippen LogP contribution is -2.45. The third kappa shape index (κ3) is 5.93. The molecule has 0 aliphatic rings. The molecule has 7 nitrogen and oxygen atoms in total. The lowest BCUT2D eigenvalue weighted by Gasteiger charge is -2.29. The summed E-state index contributed by atoms with van der Waals surface area (Å²) in [6, 6.07) is 6.46. The molecule has 31 heavy (non-hydrogen) atoms. The lowest BCUT2D eigenvalue weighted by atomic mass is 10.1. The van der Waals surface area contributed by atoms with Gasteiger partial charge in [-0.2, -0.15) is 4.31 Å². The number of carbonyl (C=O) groups excluding carboxylic acids is 1. The first-order valence-corrected chi connectivity index (χ1v) is 12.6. The number of carbonyl (C=O) groups is 1. The third-order valence-corrected chi connectivity index (χ3v) is 7.26. The van der Waals surface area contributed by atoms with Crippen LogP contribution in [0.15, 0.2) is 51.5 Å². The molecule has 1 aromatic carbocycles. The average Bonchev–Trinajstić information content (AvgIpc) is 3.37. The second-order valence-electron chi connectivity index (χ2n) is 8.45. The summed E-state index contributed by atoms with van der Waals surface area (Å²) in [5.41, 5.74) is 2.27. The van der Waals surface area contributed by atoms with E-state index in [-0.39, 0.29) is 35.7 Å². The Hall–Kier alpha value is -2.23. The Morgan fingerprint density at radius 1 is 1.13 bits per heavy atom. The lowest BCUT2D eigenvalue weighted by molar-refractivity contribution is -0.132. The fourth-order valence-electron chi connectivity index (χ4n) is 3.38. The summed E-state index contributed by atoms with van der Waals surface area (Å²) < 4.78 is 33.6. The quantitative estimate of drug-likeness (QED) is 0.449. The summed E-state index contributed by atoms with van der Waals surface area (Å²) in [7, 11) is -3.91. The van der Waals surface area contributed by atoms with Crippen LogP contribution in [0.1, 0.15) is 32.6 Å². The van der Waals surface area contributed by atoms with Crippen LogP contribution in [0.4, 0.5) is 0 Å². The molecule has 0 aliphatic carbocycles. The summed E-state index contributed by atoms with van der Waals surface area (Å²) in [6.45, 7) is 9.25. The highest BCUT2D eigenvalue weighted by Gasteiger charge is 2.30. The van der Waals surface area contributed by atoms with Crippen molar-refractivity contribution in [3.8, 4) is 0 Å². The molecule has 1 amide bonds. The Kier molecular flexibility index (Phi) is 7.51. The minimum atomic E-state index is -3.91. The smallest absolute Gasteiger partial charge is 0.243 e. The highest BCUT2D eigenvalue weighted by atomic mass is 32.2. The molecule has 3 aromatic rings. The maximum Gasteiger partial charge on any atom is 0.243 e. The molecule has 0 aliphatic heterocycles. The van der Waals surface area contributed by atoms with E-state index in [0.29, 0.717) is 24.1 Å². The van der Waals surface area contributed by atoms with Crippen molar-refractivity contribution < 1.29 is 17.6 Å². The molecule has 2 aromatic heterocycles. The van der Waals surface area contributed by atoms with E-state index in [1.54, 1.807) is 34.8 Å². The molecular formula is C22H29N3O4S2. The number of rotatable bonds is 10. The highest BCUT2D eigenvalue weighted by molar-refractivity contribution is 7.89. The molecule has 0 atom stereocenters. The Morgan fingerprint density at radius 3 is 2.45 bits per heavy atom. The second-order valence-corrected chi connectivity index (χ2v) is 11.4. The van der Waals surface area contributed by atoms with Crippen molar-refractivity contribution in [2.24, 2.45) is 11.8 Å². The summed E-state index contributed by atoms with van der Waals surface area (Å²) >= 11 is 1.37. The fraction of sp³-hybridized carbons (Fsp3) is 0.455. The molecule has 0 saturated heterocycles. The van der Waals surface area contributed by atoms with E-state index < -0.39 is 10.0 Å². The van der Waals surface area contributed by atoms with Gasteiger partial charge in [0.15, 0.2) is 0 Å². The molecule has 0 unspecified atom stereocenters. The number of furan rings is 1. The number of hydrogen-bond acceptors (Lipinski definition) is 6. The van der Waals surface area contributed by atoms with Crippen LogP contribution in [0, 0.1) is 11.8 Å². The number of benzene rings is 1. The molecule has 0 saturated carbocycles. The third-order valence-electron chi connectivity index (χ3n) is 4.71. The summed E-state index contributed by atoms with van der Waals surface area (Å²) in [4.78, 5) is 19.9. The molecule has 9 heteroatoms. The monoisotopic (exact) mass is 463 g/mol. The maximum atomic E-state index is 13.5. The van der Waals surface area contributed by atoms with Gasteiger partial charge in [0.2, 0.25) is 15.9 Å². The predicted octanol–water partition coefficient (Wildman–Crippen LogP) is 4.22. The summed E-state index contributed by atoms with van der Waals surface area (Å²) in [5.74, 6) is 0.385. The molecule has 0 radical (unpaired) electrons. The fourth-order valence-corrected chi connectivity index (χ4v) is 5.48. The van der Waals surface area contributed by atoms with Gasteiger partial charge in [-0.1, -0.05) is 27.7 Å². The number of aromatic nitrogens is 1. The molecule has 0 bridgehead atoms. The standard InChI is InChI=1S/C22H29N3O4S2/c1-16(2)11-24(12-17(3)4)22(26)14-25(13-19-10-23-15-30-19)31(27,28)20-5-6-21-18(9-20)7-8-29-21/h5-10,15-17H,11-14H2,1-4H3. The van der Waals surface area contributed by atoms with Gasteiger partial charge in [0.1, 0.15) is 5.58 Å². The number of amides is 1. The topological polar surface area (TPSA) is 83.7 Å². The normalized spacial score (nSPS) is 12.4. The number of hydrogen-bond donors (Lipinski definition) is 0. The number of fused-ring (bicyclic) bond motifs is 1. The largest absolute Gasteiger partial charge is 0.464 e. The van der Waals surface area contributed by atoms with Crippen molar-refractivity contribution in [1.29, 1.82) is 0 Å². The zero-order valence-electron chi connectivity index (χ0n) is 18.3. The Morgan fingerprint density at radius 2 is 1.84 bits per heavy atom. The van der Waals surface area contributed by atoms with Crippen molar-refractivity contribution in [3.05, 3.63) is 47.1 Å². The Bertz CT molecular complexity index is 1090. The Labute approximate surface area is 187 Å². The van der Waals surface area contributed by atoms with Gasteiger partial charge in [-0.3, -0.25) is 9.78 Å². The second kappa shape index (κ2) is 9.93. The van der Waals surface area contributed by atoms with Crippen molar-refractivity contribution in [2.45, 2.75) is 39.1 Å². The molecular weight excluding hydrogens is 434 g/mol. The van der Waals surface area contributed by atoms with Crippen molar-refractivity contribution in [3.63, 3.8) is 0 Å². The van der Waals surface area contributed by atoms with Crippen molar-refractivity contribution in [1.82, 2.24) is 14.2 Å². The van der Waals surface area contributed by atoms with E-state index in [1.165, 1.54) is 28.0 Å². The molecule has 0 N–H and O–H groups in total. The van der Waals surface area contributed by atoms with E-state index in [9.17, 15) is 13.2 Å². The molecule has 2 heterocycles. The average molecular weight is 464 g/mol. The van der Waals surface area contributed by atoms with E-state index in [0.717, 1.165) is 4.88 Å². The SMILES string of the molecule is CC(C)CN(CC(C)C)C(=O)CN(Cc1cncs1)S(=O)(=O)c1ccc2occc2c1. The van der Waals surface area contributed by atoms with E-state index in [2.05, 4.69) is 4.98 Å². The van der Waals surface area contributed by atoms with Crippen LogP contribution in [0.5, 0.6) is 0 Å². The van der Waals surface area contributed by atoms with Gasteiger partial charge in [0.25, 0.3) is 0 Å². The zero-order chi connectivity index (χ0) is 22.6. The van der Waals surface area contributed by atoms with Gasteiger partial charge >= 0.3 is 0 Å². The van der Waals surface area contributed by atoms with Gasteiger partial charge in [0.05, 0.1) is 29.8 Å². The molecule has 0 spiro atoms. The van der Waals surface area contributed by atoms with Crippen molar-refractivity contribution >= 4 is 38.2 Å². The van der Waals surface area contributed by atoms with Gasteiger partial charge in [-0.25, -0.2) is 8.42 Å². The minimum Gasteiger partial charge on any atom is -0.464 e. The first kappa shape index (κ1) is 23.4. The first-order valence-electron chi connectivity index (χ1n) is 10.3. The van der Waals surface area contributed by atoms with Gasteiger partial charge in [-0.15, -0.1) is 11.3 Å². The van der Waals surface area contributed by atoms with E-state index in [4.69, 9.17) is 4.42 Å². The van der Waals surface area contributed by atoms with Crippen LogP contribution >= 0.6 is 11.3 Å². The highest BCUT2D eigenvalue weighted by Crippen LogP contribution is 2.25. The first-order chi connectivity index (χ1) is 14.7.